The van der Waals surface area contributed by atoms with Gasteiger partial charge in [0, 0.05) is 12.2 Å². The monoisotopic (exact) mass is 570 g/mol. The number of carbonyl (C=O) groups excluding carboxylic acids is 1. The number of aliphatic hydroxyl groups is 1. The van der Waals surface area contributed by atoms with Gasteiger partial charge in [-0.25, -0.2) is 0 Å². The zero-order chi connectivity index (χ0) is 28.7. The topological polar surface area (TPSA) is 74.2 Å². The third-order valence-corrected chi connectivity index (χ3v) is 8.37. The van der Waals surface area contributed by atoms with E-state index in [2.05, 4.69) is 0 Å². The molecule has 0 unspecified atom stereocenters. The molecule has 5 rings (SSSR count). The second-order valence-corrected chi connectivity index (χ2v) is 10.9. The molecule has 41 heavy (non-hydrogen) atoms. The number of benzene rings is 4. The van der Waals surface area contributed by atoms with Gasteiger partial charge in [-0.2, -0.15) is 0 Å². The van der Waals surface area contributed by atoms with Crippen molar-refractivity contribution in [2.24, 2.45) is 0 Å². The Labute approximate surface area is 245 Å². The number of carbonyl (C=O) groups is 1. The number of aliphatic hydroxyl groups excluding tert-OH is 1. The van der Waals surface area contributed by atoms with E-state index >= 15 is 0 Å². The van der Waals surface area contributed by atoms with E-state index in [1.54, 1.807) is 14.2 Å². The van der Waals surface area contributed by atoms with Crippen molar-refractivity contribution in [2.45, 2.75) is 36.1 Å². The Morgan fingerprint density at radius 3 is 1.85 bits per heavy atom. The fourth-order valence-electron chi connectivity index (χ4n) is 5.13. The molecule has 3 atom stereocenters. The zero-order valence-corrected chi connectivity index (χ0v) is 24.0. The van der Waals surface area contributed by atoms with Gasteiger partial charge in [-0.05, 0) is 46.5 Å². The molecule has 4 aromatic carbocycles. The Morgan fingerprint density at radius 2 is 1.32 bits per heavy atom. The summed E-state index contributed by atoms with van der Waals surface area (Å²) in [7, 11) is 3.27. The van der Waals surface area contributed by atoms with Crippen LogP contribution >= 0.6 is 11.8 Å². The molecule has 0 bridgehead atoms. The number of rotatable bonds is 11. The fraction of sp³-hybridized carbons (Fsp3) is 0.265. The van der Waals surface area contributed by atoms with Crippen LogP contribution in [0.25, 0.3) is 0 Å². The predicted molar refractivity (Wildman–Crippen MR) is 160 cm³/mol. The molecular weight excluding hydrogens is 536 g/mol. The van der Waals surface area contributed by atoms with Crippen LogP contribution in [0.4, 0.5) is 0 Å². The lowest BCUT2D eigenvalue weighted by atomic mass is 9.80. The first-order valence-electron chi connectivity index (χ1n) is 13.6. The van der Waals surface area contributed by atoms with Crippen molar-refractivity contribution in [2.75, 3.05) is 20.8 Å². The fourth-order valence-corrected chi connectivity index (χ4v) is 5.97. The highest BCUT2D eigenvalue weighted by Crippen LogP contribution is 2.42. The van der Waals surface area contributed by atoms with Gasteiger partial charge in [-0.15, -0.1) is 0 Å². The molecule has 0 saturated carbocycles. The first-order chi connectivity index (χ1) is 20.0. The molecule has 1 N–H and O–H groups in total. The molecule has 0 aliphatic carbocycles. The largest absolute Gasteiger partial charge is 0.497 e. The number of thioether (sulfide) groups is 1. The predicted octanol–water partition coefficient (Wildman–Crippen LogP) is 5.99. The molecule has 1 aliphatic heterocycles. The van der Waals surface area contributed by atoms with Gasteiger partial charge in [0.05, 0.1) is 26.9 Å². The molecular formula is C34H34O6S. The van der Waals surface area contributed by atoms with Crippen molar-refractivity contribution in [1.29, 1.82) is 0 Å². The maximum atomic E-state index is 13.0. The summed E-state index contributed by atoms with van der Waals surface area (Å²) in [6, 6.07) is 35.3. The van der Waals surface area contributed by atoms with Gasteiger partial charge in [-0.1, -0.05) is 96.7 Å². The molecule has 0 aromatic heterocycles. The summed E-state index contributed by atoms with van der Waals surface area (Å²) in [6.45, 7) is 0.0707. The van der Waals surface area contributed by atoms with Gasteiger partial charge >= 0.3 is 0 Å². The SMILES string of the molecule is COc1ccc(C(OC[C@H]2O[C@H](C(=O)SCc3ccccc3)C[C@@H]2O)(c2ccccc2)c2ccc(OC)cc2)cc1. The van der Waals surface area contributed by atoms with Crippen molar-refractivity contribution in [3.05, 3.63) is 131 Å². The van der Waals surface area contributed by atoms with Gasteiger partial charge in [0.15, 0.2) is 0 Å². The smallest absolute Gasteiger partial charge is 0.218 e. The van der Waals surface area contributed by atoms with Crippen molar-refractivity contribution in [3.63, 3.8) is 0 Å². The number of ether oxygens (including phenoxy) is 4. The first-order valence-corrected chi connectivity index (χ1v) is 14.5. The van der Waals surface area contributed by atoms with Crippen molar-refractivity contribution < 1.29 is 28.8 Å². The summed E-state index contributed by atoms with van der Waals surface area (Å²) in [5, 5.41) is 10.9. The van der Waals surface area contributed by atoms with Gasteiger partial charge in [0.2, 0.25) is 5.12 Å². The Kier molecular flexibility index (Phi) is 9.42. The minimum Gasteiger partial charge on any atom is -0.497 e. The van der Waals surface area contributed by atoms with Crippen molar-refractivity contribution in [3.8, 4) is 11.5 Å². The van der Waals surface area contributed by atoms with Gasteiger partial charge in [-0.3, -0.25) is 4.79 Å². The lowest BCUT2D eigenvalue weighted by Crippen LogP contribution is -2.38. The molecule has 1 heterocycles. The van der Waals surface area contributed by atoms with E-state index in [0.717, 1.165) is 33.8 Å². The van der Waals surface area contributed by atoms with Crippen LogP contribution in [-0.2, 0) is 25.6 Å². The number of hydrogen-bond donors (Lipinski definition) is 1. The maximum absolute atomic E-state index is 13.0. The van der Waals surface area contributed by atoms with E-state index in [1.165, 1.54) is 11.8 Å². The van der Waals surface area contributed by atoms with Crippen LogP contribution in [0.2, 0.25) is 0 Å². The summed E-state index contributed by atoms with van der Waals surface area (Å²) in [6.07, 6.45) is -1.96. The Bertz CT molecular complexity index is 1350. The average molecular weight is 571 g/mol. The lowest BCUT2D eigenvalue weighted by Gasteiger charge is -2.37. The minimum absolute atomic E-state index is 0.0707. The highest BCUT2D eigenvalue weighted by Gasteiger charge is 2.43. The second-order valence-electron chi connectivity index (χ2n) is 9.87. The van der Waals surface area contributed by atoms with E-state index in [9.17, 15) is 9.90 Å². The van der Waals surface area contributed by atoms with Crippen LogP contribution in [0.3, 0.4) is 0 Å². The molecule has 4 aromatic rings. The molecule has 0 spiro atoms. The Balaban J connectivity index is 1.42. The van der Waals surface area contributed by atoms with Gasteiger partial charge in [0.25, 0.3) is 0 Å². The third kappa shape index (κ3) is 6.49. The number of methoxy groups -OCH3 is 2. The van der Waals surface area contributed by atoms with E-state index in [4.69, 9.17) is 18.9 Å². The lowest BCUT2D eigenvalue weighted by molar-refractivity contribution is -0.125. The standard InChI is InChI=1S/C34H34O6S/c1-37-28-17-13-26(14-18-28)34(25-11-7-4-8-12-25,27-15-19-29(38-2)20-16-27)39-22-32-30(35)21-31(40-32)33(36)41-23-24-9-5-3-6-10-24/h3-20,30-32,35H,21-23H2,1-2H3/t30-,31-,32+/m0/s1. The number of hydrogen-bond acceptors (Lipinski definition) is 7. The third-order valence-electron chi connectivity index (χ3n) is 7.35. The second kappa shape index (κ2) is 13.4. The van der Waals surface area contributed by atoms with Crippen LogP contribution in [0.1, 0.15) is 28.7 Å². The maximum Gasteiger partial charge on any atom is 0.218 e. The molecule has 1 saturated heterocycles. The Morgan fingerprint density at radius 1 is 0.805 bits per heavy atom. The first kappa shape index (κ1) is 28.9. The van der Waals surface area contributed by atoms with E-state index in [1.807, 2.05) is 109 Å². The van der Waals surface area contributed by atoms with Gasteiger partial charge < -0.3 is 24.1 Å². The molecule has 6 nitrogen and oxygen atoms in total. The normalized spacial score (nSPS) is 18.7. The van der Waals surface area contributed by atoms with Crippen molar-refractivity contribution >= 4 is 16.9 Å². The average Bonchev–Trinajstić information content (AvgIpc) is 3.42. The van der Waals surface area contributed by atoms with Crippen LogP contribution < -0.4 is 9.47 Å². The van der Waals surface area contributed by atoms with Crippen LogP contribution in [-0.4, -0.2) is 49.4 Å². The van der Waals surface area contributed by atoms with E-state index in [-0.39, 0.29) is 18.1 Å². The highest BCUT2D eigenvalue weighted by atomic mass is 32.2. The Hall–Kier alpha value is -3.62. The van der Waals surface area contributed by atoms with Crippen LogP contribution in [0.5, 0.6) is 11.5 Å². The summed E-state index contributed by atoms with van der Waals surface area (Å²) >= 11 is 1.21. The van der Waals surface area contributed by atoms with Crippen LogP contribution in [0.15, 0.2) is 109 Å². The quantitative estimate of drug-likeness (QED) is 0.222. The highest BCUT2D eigenvalue weighted by molar-refractivity contribution is 8.13. The minimum atomic E-state index is -1.03. The molecule has 1 aliphatic rings. The summed E-state index contributed by atoms with van der Waals surface area (Å²) in [5.41, 5.74) is 2.71. The van der Waals surface area contributed by atoms with Gasteiger partial charge in [0.1, 0.15) is 29.3 Å². The molecule has 212 valence electrons. The molecule has 1 fully saturated rings. The summed E-state index contributed by atoms with van der Waals surface area (Å²) in [5.74, 6) is 2.02. The van der Waals surface area contributed by atoms with E-state index < -0.39 is 23.9 Å². The summed E-state index contributed by atoms with van der Waals surface area (Å²) < 4.78 is 23.8. The van der Waals surface area contributed by atoms with E-state index in [0.29, 0.717) is 5.75 Å². The van der Waals surface area contributed by atoms with Crippen molar-refractivity contribution in [1.82, 2.24) is 0 Å². The van der Waals surface area contributed by atoms with Crippen LogP contribution in [0, 0.1) is 0 Å². The molecule has 0 radical (unpaired) electrons. The molecule has 0 amide bonds. The summed E-state index contributed by atoms with van der Waals surface area (Å²) in [4.78, 5) is 13.0. The zero-order valence-electron chi connectivity index (χ0n) is 23.1. The molecule has 7 heteroatoms.